The fourth-order valence-corrected chi connectivity index (χ4v) is 6.27. The lowest BCUT2D eigenvalue weighted by Gasteiger charge is -2.58. The summed E-state index contributed by atoms with van der Waals surface area (Å²) in [5, 5.41) is 12.9. The van der Waals surface area contributed by atoms with Crippen LogP contribution >= 0.6 is 11.6 Å². The number of amidine groups is 1. The maximum Gasteiger partial charge on any atom is 0.225 e. The number of nitriles is 1. The minimum Gasteiger partial charge on any atom is -0.479 e. The Hall–Kier alpha value is -2.26. The van der Waals surface area contributed by atoms with Gasteiger partial charge in [0.2, 0.25) is 5.91 Å². The van der Waals surface area contributed by atoms with Gasteiger partial charge in [0.1, 0.15) is 11.6 Å². The lowest BCUT2D eigenvalue weighted by Crippen LogP contribution is -2.58. The molecule has 7 heteroatoms. The van der Waals surface area contributed by atoms with E-state index >= 15 is 0 Å². The summed E-state index contributed by atoms with van der Waals surface area (Å²) in [5.74, 6) is 2.44. The number of ether oxygens (including phenoxy) is 1. The van der Waals surface area contributed by atoms with Gasteiger partial charge >= 0.3 is 0 Å². The van der Waals surface area contributed by atoms with Crippen LogP contribution in [0.25, 0.3) is 0 Å². The molecule has 4 bridgehead atoms. The summed E-state index contributed by atoms with van der Waals surface area (Å²) in [5.41, 5.74) is 5.23. The van der Waals surface area contributed by atoms with Crippen LogP contribution in [0.5, 0.6) is 5.75 Å². The van der Waals surface area contributed by atoms with E-state index in [9.17, 15) is 10.1 Å². The van der Waals surface area contributed by atoms with Crippen molar-refractivity contribution in [3.8, 4) is 11.8 Å². The van der Waals surface area contributed by atoms with Crippen LogP contribution in [0.3, 0.4) is 0 Å². The van der Waals surface area contributed by atoms with Gasteiger partial charge in [-0.3, -0.25) is 9.79 Å². The first-order valence-electron chi connectivity index (χ1n) is 10.7. The number of halogens is 1. The number of rotatable bonds is 6. The highest BCUT2D eigenvalue weighted by molar-refractivity contribution is 6.30. The summed E-state index contributed by atoms with van der Waals surface area (Å²) in [6.07, 6.45) is 5.03. The molecule has 4 fully saturated rings. The van der Waals surface area contributed by atoms with Gasteiger partial charge in [-0.1, -0.05) is 11.6 Å². The average Bonchev–Trinajstić information content (AvgIpc) is 2.71. The number of aliphatic imine (C=N–C) groups is 1. The van der Waals surface area contributed by atoms with E-state index in [0.29, 0.717) is 34.4 Å². The number of nitrogens with two attached hydrogens (primary N) is 1. The second-order valence-corrected chi connectivity index (χ2v) is 9.89. The smallest absolute Gasteiger partial charge is 0.225 e. The Morgan fingerprint density at radius 3 is 2.53 bits per heavy atom. The van der Waals surface area contributed by atoms with E-state index in [1.54, 1.807) is 31.3 Å². The summed E-state index contributed by atoms with van der Waals surface area (Å²) in [4.78, 5) is 17.6. The van der Waals surface area contributed by atoms with E-state index in [2.05, 4.69) is 11.4 Å². The van der Waals surface area contributed by atoms with Crippen LogP contribution in [0.15, 0.2) is 29.3 Å². The van der Waals surface area contributed by atoms with Gasteiger partial charge in [0, 0.05) is 12.1 Å². The number of benzene rings is 1. The molecule has 4 aliphatic rings. The molecule has 0 aliphatic heterocycles. The van der Waals surface area contributed by atoms with E-state index in [0.717, 1.165) is 32.1 Å². The van der Waals surface area contributed by atoms with Crippen molar-refractivity contribution in [2.24, 2.45) is 33.9 Å². The molecule has 0 saturated heterocycles. The highest BCUT2D eigenvalue weighted by Gasteiger charge is 2.58. The number of hydrogen-bond donors (Lipinski definition) is 2. The molecule has 160 valence electrons. The monoisotopic (exact) mass is 428 g/mol. The molecule has 6 nitrogen and oxygen atoms in total. The lowest BCUT2D eigenvalue weighted by atomic mass is 9.47. The average molecular weight is 429 g/mol. The SMILES string of the molecule is CNC(=O)C12CC3CC(C1)C(N=C(N)C(C)(CC#N)Oc1ccc(Cl)cc1)C(C3)C2. The normalized spacial score (nSPS) is 34.1. The van der Waals surface area contributed by atoms with Crippen molar-refractivity contribution in [2.75, 3.05) is 7.05 Å². The third-order valence-corrected chi connectivity index (χ3v) is 7.59. The molecule has 30 heavy (non-hydrogen) atoms. The Morgan fingerprint density at radius 1 is 1.33 bits per heavy atom. The Balaban J connectivity index is 1.58. The maximum atomic E-state index is 12.6. The molecule has 5 rings (SSSR count). The Kier molecular flexibility index (Phi) is 5.44. The Bertz CT molecular complexity index is 877. The van der Waals surface area contributed by atoms with Gasteiger partial charge in [0.05, 0.1) is 23.9 Å². The molecule has 0 heterocycles. The number of amides is 1. The second-order valence-electron chi connectivity index (χ2n) is 9.46. The van der Waals surface area contributed by atoms with Crippen LogP contribution in [0, 0.1) is 34.5 Å². The van der Waals surface area contributed by atoms with Crippen LogP contribution in [-0.4, -0.2) is 30.4 Å². The van der Waals surface area contributed by atoms with Gasteiger partial charge in [-0.25, -0.2) is 0 Å². The zero-order valence-corrected chi connectivity index (χ0v) is 18.3. The van der Waals surface area contributed by atoms with Gasteiger partial charge in [-0.05, 0) is 81.0 Å². The summed E-state index contributed by atoms with van der Waals surface area (Å²) in [6, 6.07) is 9.29. The van der Waals surface area contributed by atoms with Crippen molar-refractivity contribution in [1.82, 2.24) is 5.32 Å². The highest BCUT2D eigenvalue weighted by atomic mass is 35.5. The number of hydrogen-bond acceptors (Lipinski definition) is 4. The predicted molar refractivity (Wildman–Crippen MR) is 116 cm³/mol. The second kappa shape index (κ2) is 7.77. The van der Waals surface area contributed by atoms with Gasteiger partial charge < -0.3 is 15.8 Å². The molecule has 3 atom stereocenters. The minimum atomic E-state index is -1.02. The van der Waals surface area contributed by atoms with Crippen molar-refractivity contribution in [3.63, 3.8) is 0 Å². The van der Waals surface area contributed by atoms with Crippen LogP contribution in [-0.2, 0) is 4.79 Å². The standard InChI is InChI=1S/C23H29ClN4O2/c1-22(7-8-25,30-18-5-3-17(24)4-6-18)20(26)28-19-15-9-14-10-16(19)13-23(11-14,12-15)21(29)27-2/h3-6,14-16,19H,7,9-13H2,1-2H3,(H2,26,28)(H,27,29). The summed E-state index contributed by atoms with van der Waals surface area (Å²) in [6.45, 7) is 1.81. The molecular formula is C23H29ClN4O2. The van der Waals surface area contributed by atoms with Crippen molar-refractivity contribution in [1.29, 1.82) is 5.26 Å². The van der Waals surface area contributed by atoms with E-state index in [1.165, 1.54) is 0 Å². The number of nitrogens with one attached hydrogen (secondary N) is 1. The predicted octanol–water partition coefficient (Wildman–Crippen LogP) is 3.69. The van der Waals surface area contributed by atoms with Gasteiger partial charge in [-0.15, -0.1) is 0 Å². The molecule has 0 aromatic heterocycles. The van der Waals surface area contributed by atoms with Gasteiger partial charge in [0.15, 0.2) is 5.60 Å². The first-order chi connectivity index (χ1) is 14.3. The first kappa shape index (κ1) is 21.0. The van der Waals surface area contributed by atoms with Crippen molar-refractivity contribution in [2.45, 2.75) is 57.1 Å². The highest BCUT2D eigenvalue weighted by Crippen LogP contribution is 2.61. The van der Waals surface area contributed by atoms with Crippen LogP contribution in [0.1, 0.15) is 45.4 Å². The molecule has 1 aromatic carbocycles. The molecule has 3 unspecified atom stereocenters. The van der Waals surface area contributed by atoms with Gasteiger partial charge in [0.25, 0.3) is 0 Å². The maximum absolute atomic E-state index is 12.6. The third kappa shape index (κ3) is 3.65. The Labute approximate surface area is 182 Å². The summed E-state index contributed by atoms with van der Waals surface area (Å²) < 4.78 is 6.13. The van der Waals surface area contributed by atoms with Crippen LogP contribution in [0.4, 0.5) is 0 Å². The minimum absolute atomic E-state index is 0.0890. The lowest BCUT2D eigenvalue weighted by molar-refractivity contribution is -0.147. The molecule has 1 amide bonds. The fraction of sp³-hybridized carbons (Fsp3) is 0.609. The molecule has 0 radical (unpaired) electrons. The van der Waals surface area contributed by atoms with Crippen molar-refractivity contribution in [3.05, 3.63) is 29.3 Å². The molecular weight excluding hydrogens is 400 g/mol. The molecule has 3 N–H and O–H groups in total. The van der Waals surface area contributed by atoms with E-state index in [4.69, 9.17) is 27.1 Å². The molecule has 1 aromatic rings. The molecule has 0 spiro atoms. The first-order valence-corrected chi connectivity index (χ1v) is 11.0. The van der Waals surface area contributed by atoms with Crippen molar-refractivity contribution >= 4 is 23.3 Å². The largest absolute Gasteiger partial charge is 0.479 e. The van der Waals surface area contributed by atoms with E-state index < -0.39 is 5.60 Å². The van der Waals surface area contributed by atoms with E-state index in [1.807, 2.05) is 6.92 Å². The van der Waals surface area contributed by atoms with Gasteiger partial charge in [-0.2, -0.15) is 5.26 Å². The summed E-state index contributed by atoms with van der Waals surface area (Å²) >= 11 is 5.96. The Morgan fingerprint density at radius 2 is 1.97 bits per heavy atom. The third-order valence-electron chi connectivity index (χ3n) is 7.34. The number of carbonyl (C=O) groups is 1. The van der Waals surface area contributed by atoms with Crippen molar-refractivity contribution < 1.29 is 9.53 Å². The van der Waals surface area contributed by atoms with Crippen LogP contribution in [0.2, 0.25) is 5.02 Å². The van der Waals surface area contributed by atoms with E-state index in [-0.39, 0.29) is 23.8 Å². The molecule has 4 aliphatic carbocycles. The number of carbonyl (C=O) groups excluding carboxylic acids is 1. The quantitative estimate of drug-likeness (QED) is 0.533. The zero-order chi connectivity index (χ0) is 21.5. The fourth-order valence-electron chi connectivity index (χ4n) is 6.14. The number of nitrogens with zero attached hydrogens (tertiary/aromatic N) is 2. The topological polar surface area (TPSA) is 101 Å². The van der Waals surface area contributed by atoms with Crippen LogP contribution < -0.4 is 15.8 Å². The summed E-state index contributed by atoms with van der Waals surface area (Å²) in [7, 11) is 1.73. The molecule has 4 saturated carbocycles. The zero-order valence-electron chi connectivity index (χ0n) is 17.5.